The van der Waals surface area contributed by atoms with Gasteiger partial charge in [-0.05, 0) is 18.6 Å². The molecule has 1 N–H and O–H groups in total. The first-order valence-electron chi connectivity index (χ1n) is 5.62. The van der Waals surface area contributed by atoms with Crippen molar-refractivity contribution in [2.24, 2.45) is 7.05 Å². The SMILES string of the molecule is CCc1nn(C)cc1CNC1CCSC1. The van der Waals surface area contributed by atoms with Crippen molar-refractivity contribution in [2.45, 2.75) is 32.4 Å². The summed E-state index contributed by atoms with van der Waals surface area (Å²) in [7, 11) is 1.99. The average molecular weight is 225 g/mol. The molecule has 0 aliphatic carbocycles. The molecule has 1 aliphatic heterocycles. The number of aryl methyl sites for hydroxylation is 2. The van der Waals surface area contributed by atoms with Crippen molar-refractivity contribution in [3.8, 4) is 0 Å². The second kappa shape index (κ2) is 5.03. The fraction of sp³-hybridized carbons (Fsp3) is 0.727. The largest absolute Gasteiger partial charge is 0.309 e. The first-order valence-corrected chi connectivity index (χ1v) is 6.77. The van der Waals surface area contributed by atoms with Gasteiger partial charge in [0.15, 0.2) is 0 Å². The molecule has 1 fully saturated rings. The van der Waals surface area contributed by atoms with Crippen LogP contribution in [-0.2, 0) is 20.0 Å². The fourth-order valence-corrected chi connectivity index (χ4v) is 3.17. The Balaban J connectivity index is 1.91. The van der Waals surface area contributed by atoms with E-state index < -0.39 is 0 Å². The van der Waals surface area contributed by atoms with Crippen molar-refractivity contribution in [2.75, 3.05) is 11.5 Å². The maximum absolute atomic E-state index is 4.45. The molecule has 2 rings (SSSR count). The zero-order valence-corrected chi connectivity index (χ0v) is 10.3. The minimum atomic E-state index is 0.708. The van der Waals surface area contributed by atoms with E-state index in [-0.39, 0.29) is 0 Å². The molecule has 1 aromatic heterocycles. The standard InChI is InChI=1S/C11H19N3S/c1-3-11-9(7-14(2)13-11)6-12-10-4-5-15-8-10/h7,10,12H,3-6,8H2,1-2H3. The second-order valence-corrected chi connectivity index (χ2v) is 5.22. The third-order valence-electron chi connectivity index (χ3n) is 2.84. The molecule has 84 valence electrons. The molecule has 1 saturated heterocycles. The highest BCUT2D eigenvalue weighted by atomic mass is 32.2. The Kier molecular flexibility index (Phi) is 3.70. The van der Waals surface area contributed by atoms with Crippen molar-refractivity contribution in [3.05, 3.63) is 17.5 Å². The van der Waals surface area contributed by atoms with Gasteiger partial charge in [-0.25, -0.2) is 0 Å². The van der Waals surface area contributed by atoms with E-state index in [4.69, 9.17) is 0 Å². The summed E-state index contributed by atoms with van der Waals surface area (Å²) in [5.74, 6) is 2.58. The van der Waals surface area contributed by atoms with Gasteiger partial charge in [0.1, 0.15) is 0 Å². The van der Waals surface area contributed by atoms with Crippen LogP contribution < -0.4 is 5.32 Å². The molecule has 15 heavy (non-hydrogen) atoms. The Morgan fingerprint density at radius 1 is 1.67 bits per heavy atom. The molecule has 0 saturated carbocycles. The molecular weight excluding hydrogens is 206 g/mol. The number of nitrogens with one attached hydrogen (secondary N) is 1. The van der Waals surface area contributed by atoms with Gasteiger partial charge in [0.2, 0.25) is 0 Å². The molecule has 0 amide bonds. The van der Waals surface area contributed by atoms with Crippen LogP contribution in [0.2, 0.25) is 0 Å². The van der Waals surface area contributed by atoms with Crippen LogP contribution >= 0.6 is 11.8 Å². The Hall–Kier alpha value is -0.480. The van der Waals surface area contributed by atoms with Crippen LogP contribution in [0.4, 0.5) is 0 Å². The van der Waals surface area contributed by atoms with E-state index >= 15 is 0 Å². The molecule has 0 spiro atoms. The highest BCUT2D eigenvalue weighted by molar-refractivity contribution is 7.99. The number of hydrogen-bond acceptors (Lipinski definition) is 3. The van der Waals surface area contributed by atoms with E-state index in [2.05, 4.69) is 23.5 Å². The normalized spacial score (nSPS) is 21.1. The predicted octanol–water partition coefficient (Wildman–Crippen LogP) is 1.58. The fourth-order valence-electron chi connectivity index (χ4n) is 1.98. The van der Waals surface area contributed by atoms with Crippen LogP contribution in [0.25, 0.3) is 0 Å². The lowest BCUT2D eigenvalue weighted by molar-refractivity contribution is 0.556. The minimum absolute atomic E-state index is 0.708. The van der Waals surface area contributed by atoms with Gasteiger partial charge < -0.3 is 5.32 Å². The summed E-state index contributed by atoms with van der Waals surface area (Å²) in [6, 6.07) is 0.708. The third kappa shape index (κ3) is 2.75. The molecule has 1 atom stereocenters. The number of hydrogen-bond donors (Lipinski definition) is 1. The number of rotatable bonds is 4. The minimum Gasteiger partial charge on any atom is -0.309 e. The summed E-state index contributed by atoms with van der Waals surface area (Å²) in [6.45, 7) is 3.14. The van der Waals surface area contributed by atoms with Gasteiger partial charge in [0, 0.05) is 37.1 Å². The maximum Gasteiger partial charge on any atom is 0.0666 e. The third-order valence-corrected chi connectivity index (χ3v) is 4.00. The van der Waals surface area contributed by atoms with Gasteiger partial charge in [-0.15, -0.1) is 0 Å². The lowest BCUT2D eigenvalue weighted by atomic mass is 10.2. The van der Waals surface area contributed by atoms with Crippen molar-refractivity contribution in [3.63, 3.8) is 0 Å². The van der Waals surface area contributed by atoms with Crippen LogP contribution in [0.15, 0.2) is 6.20 Å². The van der Waals surface area contributed by atoms with Crippen LogP contribution in [0, 0.1) is 0 Å². The average Bonchev–Trinajstić information content (AvgIpc) is 2.83. The van der Waals surface area contributed by atoms with Crippen molar-refractivity contribution >= 4 is 11.8 Å². The smallest absolute Gasteiger partial charge is 0.0666 e. The maximum atomic E-state index is 4.45. The molecule has 0 bridgehead atoms. The van der Waals surface area contributed by atoms with E-state index in [1.54, 1.807) is 0 Å². The van der Waals surface area contributed by atoms with Crippen LogP contribution in [0.1, 0.15) is 24.6 Å². The summed E-state index contributed by atoms with van der Waals surface area (Å²) in [5.41, 5.74) is 2.59. The van der Waals surface area contributed by atoms with Gasteiger partial charge in [0.05, 0.1) is 5.69 Å². The topological polar surface area (TPSA) is 29.9 Å². The Morgan fingerprint density at radius 2 is 2.53 bits per heavy atom. The lowest BCUT2D eigenvalue weighted by Gasteiger charge is -2.10. The van der Waals surface area contributed by atoms with Crippen molar-refractivity contribution in [1.82, 2.24) is 15.1 Å². The summed E-state index contributed by atoms with van der Waals surface area (Å²) < 4.78 is 1.92. The number of nitrogens with zero attached hydrogens (tertiary/aromatic N) is 2. The van der Waals surface area contributed by atoms with Gasteiger partial charge in [-0.1, -0.05) is 6.92 Å². The van der Waals surface area contributed by atoms with E-state index in [1.807, 2.05) is 23.5 Å². The van der Waals surface area contributed by atoms with Crippen LogP contribution in [0.3, 0.4) is 0 Å². The van der Waals surface area contributed by atoms with E-state index in [1.165, 1.54) is 29.2 Å². The first-order chi connectivity index (χ1) is 7.29. The van der Waals surface area contributed by atoms with E-state index in [0.717, 1.165) is 13.0 Å². The zero-order chi connectivity index (χ0) is 10.7. The van der Waals surface area contributed by atoms with Gasteiger partial charge in [-0.2, -0.15) is 16.9 Å². The molecular formula is C11H19N3S. The Labute approximate surface area is 95.6 Å². The van der Waals surface area contributed by atoms with Crippen molar-refractivity contribution < 1.29 is 0 Å². The number of thioether (sulfide) groups is 1. The molecule has 4 heteroatoms. The van der Waals surface area contributed by atoms with Gasteiger partial charge in [0.25, 0.3) is 0 Å². The van der Waals surface area contributed by atoms with Crippen molar-refractivity contribution in [1.29, 1.82) is 0 Å². The van der Waals surface area contributed by atoms with Crippen LogP contribution in [-0.4, -0.2) is 27.3 Å². The Bertz CT molecular complexity index is 316. The van der Waals surface area contributed by atoms with E-state index in [0.29, 0.717) is 6.04 Å². The predicted molar refractivity (Wildman–Crippen MR) is 65.2 cm³/mol. The zero-order valence-electron chi connectivity index (χ0n) is 9.49. The summed E-state index contributed by atoms with van der Waals surface area (Å²) >= 11 is 2.05. The van der Waals surface area contributed by atoms with Gasteiger partial charge >= 0.3 is 0 Å². The molecule has 2 heterocycles. The van der Waals surface area contributed by atoms with Gasteiger partial charge in [-0.3, -0.25) is 4.68 Å². The Morgan fingerprint density at radius 3 is 3.20 bits per heavy atom. The molecule has 1 aromatic rings. The highest BCUT2D eigenvalue weighted by Gasteiger charge is 2.15. The second-order valence-electron chi connectivity index (χ2n) is 4.07. The summed E-state index contributed by atoms with van der Waals surface area (Å²) in [5, 5.41) is 8.06. The summed E-state index contributed by atoms with van der Waals surface area (Å²) in [4.78, 5) is 0. The molecule has 3 nitrogen and oxygen atoms in total. The first kappa shape index (κ1) is 11.0. The quantitative estimate of drug-likeness (QED) is 0.843. The molecule has 0 radical (unpaired) electrons. The molecule has 1 unspecified atom stereocenters. The molecule has 0 aromatic carbocycles. The monoisotopic (exact) mass is 225 g/mol. The van der Waals surface area contributed by atoms with E-state index in [9.17, 15) is 0 Å². The number of aromatic nitrogens is 2. The summed E-state index contributed by atoms with van der Waals surface area (Å²) in [6.07, 6.45) is 4.47. The lowest BCUT2D eigenvalue weighted by Crippen LogP contribution is -2.28. The van der Waals surface area contributed by atoms with Crippen LogP contribution in [0.5, 0.6) is 0 Å². The molecule has 1 aliphatic rings. The highest BCUT2D eigenvalue weighted by Crippen LogP contribution is 2.17.